The number of rotatable bonds is 5. The van der Waals surface area contributed by atoms with Crippen molar-refractivity contribution >= 4 is 32.4 Å². The Morgan fingerprint density at radius 3 is 2.92 bits per heavy atom. The predicted molar refractivity (Wildman–Crippen MR) is 58.1 cm³/mol. The number of hydrogen-bond acceptors (Lipinski definition) is 4. The fourth-order valence-electron chi connectivity index (χ4n) is 1.27. The summed E-state index contributed by atoms with van der Waals surface area (Å²) in [6, 6.07) is 0. The first-order valence-electron chi connectivity index (χ1n) is 4.57. The fraction of sp³-hybridized carbons (Fsp3) is 0.750. The maximum Gasteiger partial charge on any atom is 0.206 e. The summed E-state index contributed by atoms with van der Waals surface area (Å²) in [5.41, 5.74) is 0. The second kappa shape index (κ2) is 4.37. The van der Waals surface area contributed by atoms with Crippen LogP contribution in [-0.4, -0.2) is 16.7 Å². The Balaban J connectivity index is 1.61. The average Bonchev–Trinajstić information content (AvgIpc) is 2.84. The minimum atomic E-state index is 0.845. The van der Waals surface area contributed by atoms with E-state index in [2.05, 4.69) is 31.4 Å². The Labute approximate surface area is 90.1 Å². The second-order valence-electron chi connectivity index (χ2n) is 3.37. The second-order valence-corrected chi connectivity index (χ2v) is 5.63. The first kappa shape index (κ1) is 9.40. The maximum atomic E-state index is 3.96. The molecule has 1 saturated carbocycles. The molecule has 1 aliphatic carbocycles. The lowest BCUT2D eigenvalue weighted by Gasteiger charge is -1.99. The third-order valence-electron chi connectivity index (χ3n) is 2.16. The minimum absolute atomic E-state index is 0.845. The van der Waals surface area contributed by atoms with Gasteiger partial charge in [0, 0.05) is 6.54 Å². The van der Waals surface area contributed by atoms with Crippen molar-refractivity contribution in [3.05, 3.63) is 3.92 Å². The summed E-state index contributed by atoms with van der Waals surface area (Å²) in [5, 5.41) is 12.0. The highest BCUT2D eigenvalue weighted by Crippen LogP contribution is 2.33. The van der Waals surface area contributed by atoms with E-state index >= 15 is 0 Å². The zero-order valence-corrected chi connectivity index (χ0v) is 9.70. The summed E-state index contributed by atoms with van der Waals surface area (Å²) in [4.78, 5) is 0. The lowest BCUT2D eigenvalue weighted by molar-refractivity contribution is 0.687. The van der Waals surface area contributed by atoms with E-state index in [0.717, 1.165) is 21.5 Å². The van der Waals surface area contributed by atoms with Crippen LogP contribution in [0.2, 0.25) is 0 Å². The zero-order chi connectivity index (χ0) is 9.10. The van der Waals surface area contributed by atoms with Crippen molar-refractivity contribution in [2.45, 2.75) is 25.7 Å². The van der Waals surface area contributed by atoms with E-state index in [0.29, 0.717) is 0 Å². The monoisotopic (exact) mass is 261 g/mol. The molecule has 0 unspecified atom stereocenters. The van der Waals surface area contributed by atoms with Crippen molar-refractivity contribution < 1.29 is 0 Å². The van der Waals surface area contributed by atoms with Crippen LogP contribution >= 0.6 is 27.3 Å². The molecule has 1 fully saturated rings. The van der Waals surface area contributed by atoms with Crippen LogP contribution in [0.1, 0.15) is 25.7 Å². The molecule has 0 radical (unpaired) electrons. The highest BCUT2D eigenvalue weighted by Gasteiger charge is 2.19. The van der Waals surface area contributed by atoms with Gasteiger partial charge in [-0.05, 0) is 34.7 Å². The van der Waals surface area contributed by atoms with Crippen LogP contribution in [0.4, 0.5) is 5.13 Å². The minimum Gasteiger partial charge on any atom is -0.360 e. The quantitative estimate of drug-likeness (QED) is 0.829. The Hall–Kier alpha value is -0.160. The fourth-order valence-corrected chi connectivity index (χ4v) is 2.31. The molecule has 0 spiro atoms. The molecule has 0 amide bonds. The summed E-state index contributed by atoms with van der Waals surface area (Å²) >= 11 is 4.82. The van der Waals surface area contributed by atoms with Crippen LogP contribution < -0.4 is 5.32 Å². The number of anilines is 1. The van der Waals surface area contributed by atoms with Crippen LogP contribution in [-0.2, 0) is 0 Å². The highest BCUT2D eigenvalue weighted by molar-refractivity contribution is 9.11. The number of hydrogen-bond donors (Lipinski definition) is 1. The molecule has 0 atom stereocenters. The van der Waals surface area contributed by atoms with Crippen molar-refractivity contribution in [2.75, 3.05) is 11.9 Å². The summed E-state index contributed by atoms with van der Waals surface area (Å²) in [7, 11) is 0. The van der Waals surface area contributed by atoms with E-state index in [1.54, 1.807) is 11.3 Å². The van der Waals surface area contributed by atoms with Crippen molar-refractivity contribution in [3.8, 4) is 0 Å². The molecule has 1 aromatic heterocycles. The van der Waals surface area contributed by atoms with Crippen LogP contribution in [0.3, 0.4) is 0 Å². The number of nitrogens with zero attached hydrogens (tertiary/aromatic N) is 2. The third kappa shape index (κ3) is 3.23. The lowest BCUT2D eigenvalue weighted by Crippen LogP contribution is -2.01. The van der Waals surface area contributed by atoms with Gasteiger partial charge in [-0.2, -0.15) is 0 Å². The van der Waals surface area contributed by atoms with Crippen LogP contribution in [0.5, 0.6) is 0 Å². The van der Waals surface area contributed by atoms with Crippen molar-refractivity contribution in [1.82, 2.24) is 10.2 Å². The van der Waals surface area contributed by atoms with Crippen molar-refractivity contribution in [2.24, 2.45) is 5.92 Å². The molecule has 72 valence electrons. The summed E-state index contributed by atoms with van der Waals surface area (Å²) in [6.07, 6.45) is 5.52. The summed E-state index contributed by atoms with van der Waals surface area (Å²) in [6.45, 7) is 1.03. The SMILES string of the molecule is Brc1nnc(NCCCC2CC2)s1. The van der Waals surface area contributed by atoms with E-state index < -0.39 is 0 Å². The normalized spacial score (nSPS) is 16.1. The molecule has 2 rings (SSSR count). The van der Waals surface area contributed by atoms with E-state index in [-0.39, 0.29) is 0 Å². The largest absolute Gasteiger partial charge is 0.360 e. The van der Waals surface area contributed by atoms with Gasteiger partial charge in [0.05, 0.1) is 0 Å². The van der Waals surface area contributed by atoms with E-state index in [1.165, 1.54) is 25.7 Å². The van der Waals surface area contributed by atoms with E-state index in [1.807, 2.05) is 0 Å². The zero-order valence-electron chi connectivity index (χ0n) is 7.29. The molecular formula is C8H12BrN3S. The first-order chi connectivity index (χ1) is 6.34. The Kier molecular flexibility index (Phi) is 3.16. The van der Waals surface area contributed by atoms with Gasteiger partial charge in [-0.25, -0.2) is 0 Å². The van der Waals surface area contributed by atoms with Gasteiger partial charge in [0.15, 0.2) is 3.92 Å². The van der Waals surface area contributed by atoms with Gasteiger partial charge >= 0.3 is 0 Å². The number of nitrogens with one attached hydrogen (secondary N) is 1. The van der Waals surface area contributed by atoms with Crippen LogP contribution in [0.15, 0.2) is 3.92 Å². The van der Waals surface area contributed by atoms with Crippen LogP contribution in [0.25, 0.3) is 0 Å². The molecule has 13 heavy (non-hydrogen) atoms. The average molecular weight is 262 g/mol. The molecule has 3 nitrogen and oxygen atoms in total. The smallest absolute Gasteiger partial charge is 0.206 e. The summed E-state index contributed by atoms with van der Waals surface area (Å²) in [5.74, 6) is 1.03. The molecule has 1 heterocycles. The van der Waals surface area contributed by atoms with Gasteiger partial charge < -0.3 is 5.32 Å². The molecular weight excluding hydrogens is 250 g/mol. The molecule has 0 saturated heterocycles. The maximum absolute atomic E-state index is 3.96. The molecule has 1 aliphatic rings. The Morgan fingerprint density at radius 1 is 1.46 bits per heavy atom. The molecule has 5 heteroatoms. The van der Waals surface area contributed by atoms with Gasteiger partial charge in [-0.15, -0.1) is 10.2 Å². The Bertz CT molecular complexity index is 272. The lowest BCUT2D eigenvalue weighted by atomic mass is 10.2. The molecule has 1 N–H and O–H groups in total. The highest BCUT2D eigenvalue weighted by atomic mass is 79.9. The number of halogens is 1. The molecule has 0 bridgehead atoms. The summed E-state index contributed by atoms with van der Waals surface area (Å²) < 4.78 is 0.845. The Morgan fingerprint density at radius 2 is 2.31 bits per heavy atom. The van der Waals surface area contributed by atoms with Crippen LogP contribution in [0, 0.1) is 5.92 Å². The van der Waals surface area contributed by atoms with E-state index in [4.69, 9.17) is 0 Å². The van der Waals surface area contributed by atoms with Crippen molar-refractivity contribution in [3.63, 3.8) is 0 Å². The predicted octanol–water partition coefficient (Wildman–Crippen LogP) is 2.90. The molecule has 0 aromatic carbocycles. The topological polar surface area (TPSA) is 37.8 Å². The van der Waals surface area contributed by atoms with Crippen molar-refractivity contribution in [1.29, 1.82) is 0 Å². The number of aromatic nitrogens is 2. The first-order valence-corrected chi connectivity index (χ1v) is 6.18. The van der Waals surface area contributed by atoms with Gasteiger partial charge in [0.2, 0.25) is 5.13 Å². The third-order valence-corrected chi connectivity index (χ3v) is 3.48. The molecule has 0 aliphatic heterocycles. The van der Waals surface area contributed by atoms with E-state index in [9.17, 15) is 0 Å². The van der Waals surface area contributed by atoms with Gasteiger partial charge in [-0.1, -0.05) is 24.2 Å². The van der Waals surface area contributed by atoms with Gasteiger partial charge in [0.1, 0.15) is 0 Å². The molecule has 1 aromatic rings. The van der Waals surface area contributed by atoms with Gasteiger partial charge in [0.25, 0.3) is 0 Å². The standard InChI is InChI=1S/C8H12BrN3S/c9-7-11-12-8(13-7)10-5-1-2-6-3-4-6/h6H,1-5H2,(H,10,12). The van der Waals surface area contributed by atoms with Gasteiger partial charge in [-0.3, -0.25) is 0 Å².